The zero-order valence-corrected chi connectivity index (χ0v) is 21.6. The maximum absolute atomic E-state index is 12.5. The lowest BCUT2D eigenvalue weighted by Gasteiger charge is -2.17. The summed E-state index contributed by atoms with van der Waals surface area (Å²) in [6.45, 7) is 2.76. The minimum atomic E-state index is -4.40. The predicted molar refractivity (Wildman–Crippen MR) is 137 cm³/mol. The van der Waals surface area contributed by atoms with Gasteiger partial charge in [-0.15, -0.1) is 0 Å². The number of hydrogen-bond acceptors (Lipinski definition) is 5. The van der Waals surface area contributed by atoms with E-state index in [1.54, 1.807) is 42.5 Å². The number of rotatable bonds is 19. The van der Waals surface area contributed by atoms with Crippen molar-refractivity contribution in [1.29, 1.82) is 0 Å². The van der Waals surface area contributed by atoms with Gasteiger partial charge in [0.15, 0.2) is 11.5 Å². The molecule has 2 aromatic rings. The SMILES string of the molecule is CCCCCCCCCCCCCCOc1ccc(OC)cc1OP(=O)(O)Oc1ccccc1. The highest BCUT2D eigenvalue weighted by Crippen LogP contribution is 2.47. The van der Waals surface area contributed by atoms with Gasteiger partial charge < -0.3 is 18.5 Å². The van der Waals surface area contributed by atoms with Crippen LogP contribution in [0.3, 0.4) is 0 Å². The van der Waals surface area contributed by atoms with Gasteiger partial charge in [0.25, 0.3) is 0 Å². The fourth-order valence-electron chi connectivity index (χ4n) is 3.69. The van der Waals surface area contributed by atoms with Gasteiger partial charge in [-0.05, 0) is 30.7 Å². The third-order valence-electron chi connectivity index (χ3n) is 5.58. The van der Waals surface area contributed by atoms with Gasteiger partial charge in [-0.25, -0.2) is 4.57 Å². The van der Waals surface area contributed by atoms with Crippen molar-refractivity contribution >= 4 is 7.82 Å². The predicted octanol–water partition coefficient (Wildman–Crippen LogP) is 8.33. The fraction of sp³-hybridized carbons (Fsp3) is 0.556. The number of ether oxygens (including phenoxy) is 2. The molecule has 190 valence electrons. The minimum absolute atomic E-state index is 0.111. The van der Waals surface area contributed by atoms with Crippen LogP contribution in [0.2, 0.25) is 0 Å². The molecule has 1 N–H and O–H groups in total. The van der Waals surface area contributed by atoms with Crippen LogP contribution in [-0.4, -0.2) is 18.6 Å². The van der Waals surface area contributed by atoms with Crippen molar-refractivity contribution in [2.75, 3.05) is 13.7 Å². The number of methoxy groups -OCH3 is 1. The molecule has 0 spiro atoms. The van der Waals surface area contributed by atoms with E-state index in [1.165, 1.54) is 77.4 Å². The van der Waals surface area contributed by atoms with E-state index in [1.807, 2.05) is 0 Å². The van der Waals surface area contributed by atoms with Gasteiger partial charge in [-0.1, -0.05) is 95.8 Å². The molecule has 0 bridgehead atoms. The molecule has 0 amide bonds. The quantitative estimate of drug-likeness (QED) is 0.157. The van der Waals surface area contributed by atoms with Crippen molar-refractivity contribution in [2.45, 2.75) is 84.0 Å². The smallest absolute Gasteiger partial charge is 0.497 e. The van der Waals surface area contributed by atoms with Crippen LogP contribution in [0.15, 0.2) is 48.5 Å². The number of phosphoric ester groups is 1. The van der Waals surface area contributed by atoms with E-state index in [0.29, 0.717) is 18.1 Å². The highest BCUT2D eigenvalue weighted by molar-refractivity contribution is 7.48. The van der Waals surface area contributed by atoms with Crippen molar-refractivity contribution in [2.24, 2.45) is 0 Å². The van der Waals surface area contributed by atoms with Crippen LogP contribution in [0.25, 0.3) is 0 Å². The third kappa shape index (κ3) is 11.8. The van der Waals surface area contributed by atoms with Gasteiger partial charge in [0.2, 0.25) is 0 Å². The summed E-state index contributed by atoms with van der Waals surface area (Å²) < 4.78 is 34.1. The summed E-state index contributed by atoms with van der Waals surface area (Å²) >= 11 is 0. The first-order valence-corrected chi connectivity index (χ1v) is 14.1. The molecule has 0 aliphatic carbocycles. The lowest BCUT2D eigenvalue weighted by Crippen LogP contribution is -2.03. The van der Waals surface area contributed by atoms with Crippen molar-refractivity contribution < 1.29 is 28.0 Å². The first-order valence-electron chi connectivity index (χ1n) is 12.6. The molecule has 0 aliphatic rings. The Balaban J connectivity index is 1.70. The normalized spacial score (nSPS) is 12.7. The summed E-state index contributed by atoms with van der Waals surface area (Å²) in [5.74, 6) is 1.23. The molecule has 1 unspecified atom stereocenters. The summed E-state index contributed by atoms with van der Waals surface area (Å²) in [4.78, 5) is 10.2. The van der Waals surface area contributed by atoms with Crippen LogP contribution in [0, 0.1) is 0 Å². The van der Waals surface area contributed by atoms with Crippen LogP contribution in [-0.2, 0) is 4.57 Å². The van der Waals surface area contributed by atoms with E-state index in [2.05, 4.69) is 6.92 Å². The Morgan fingerprint density at radius 3 is 1.88 bits per heavy atom. The van der Waals surface area contributed by atoms with E-state index in [4.69, 9.17) is 18.5 Å². The van der Waals surface area contributed by atoms with Gasteiger partial charge in [0, 0.05) is 6.07 Å². The molecule has 6 nitrogen and oxygen atoms in total. The van der Waals surface area contributed by atoms with Gasteiger partial charge in [0.05, 0.1) is 13.7 Å². The highest BCUT2D eigenvalue weighted by atomic mass is 31.2. The zero-order chi connectivity index (χ0) is 24.5. The van der Waals surface area contributed by atoms with Crippen molar-refractivity contribution in [3.8, 4) is 23.0 Å². The van der Waals surface area contributed by atoms with Gasteiger partial charge in [-0.3, -0.25) is 4.89 Å². The average Bonchev–Trinajstić information content (AvgIpc) is 2.83. The van der Waals surface area contributed by atoms with E-state index in [9.17, 15) is 9.46 Å². The Bertz CT molecular complexity index is 842. The van der Waals surface area contributed by atoms with Crippen LogP contribution < -0.4 is 18.5 Å². The molecule has 34 heavy (non-hydrogen) atoms. The fourth-order valence-corrected chi connectivity index (χ4v) is 4.51. The van der Waals surface area contributed by atoms with Gasteiger partial charge in [0.1, 0.15) is 11.5 Å². The summed E-state index contributed by atoms with van der Waals surface area (Å²) in [6.07, 6.45) is 15.3. The van der Waals surface area contributed by atoms with Crippen molar-refractivity contribution in [3.05, 3.63) is 48.5 Å². The van der Waals surface area contributed by atoms with Crippen LogP contribution >= 0.6 is 7.82 Å². The molecule has 0 saturated carbocycles. The lowest BCUT2D eigenvalue weighted by atomic mass is 10.1. The Hall–Kier alpha value is -2.17. The number of hydrogen-bond donors (Lipinski definition) is 1. The second-order valence-corrected chi connectivity index (χ2v) is 9.82. The summed E-state index contributed by atoms with van der Waals surface area (Å²) in [7, 11) is -2.88. The van der Waals surface area contributed by atoms with Crippen molar-refractivity contribution in [3.63, 3.8) is 0 Å². The van der Waals surface area contributed by atoms with Crippen LogP contribution in [0.1, 0.15) is 84.0 Å². The van der Waals surface area contributed by atoms with E-state index >= 15 is 0 Å². The Kier molecular flexibility index (Phi) is 13.6. The maximum atomic E-state index is 12.5. The monoisotopic (exact) mass is 492 g/mol. The molecule has 0 radical (unpaired) electrons. The number of benzene rings is 2. The lowest BCUT2D eigenvalue weighted by molar-refractivity contribution is 0.267. The van der Waals surface area contributed by atoms with Gasteiger partial charge >= 0.3 is 7.82 Å². The van der Waals surface area contributed by atoms with E-state index in [0.717, 1.165) is 12.8 Å². The zero-order valence-electron chi connectivity index (χ0n) is 20.7. The van der Waals surface area contributed by atoms with Crippen LogP contribution in [0.4, 0.5) is 0 Å². The molecule has 1 atom stereocenters. The summed E-state index contributed by atoms with van der Waals surface area (Å²) in [5.41, 5.74) is 0. The topological polar surface area (TPSA) is 74.2 Å². The molecule has 0 fully saturated rings. The molecule has 0 saturated heterocycles. The number of para-hydroxylation sites is 1. The van der Waals surface area contributed by atoms with Crippen molar-refractivity contribution in [1.82, 2.24) is 0 Å². The molecular weight excluding hydrogens is 451 g/mol. The van der Waals surface area contributed by atoms with Gasteiger partial charge in [-0.2, -0.15) is 0 Å². The second-order valence-electron chi connectivity index (χ2n) is 8.51. The average molecular weight is 493 g/mol. The largest absolute Gasteiger partial charge is 0.585 e. The molecule has 2 rings (SSSR count). The Labute approximate surface area is 205 Å². The van der Waals surface area contributed by atoms with E-state index < -0.39 is 7.82 Å². The standard InChI is InChI=1S/C27H41O6P/c1-3-4-5-6-7-8-9-10-11-12-13-17-22-31-26-21-20-25(30-2)23-27(26)33-34(28,29)32-24-18-15-14-16-19-24/h14-16,18-21,23H,3-13,17,22H2,1-2H3,(H,28,29). The number of phosphoric acid groups is 1. The second kappa shape index (κ2) is 16.5. The molecule has 0 heterocycles. The summed E-state index contributed by atoms with van der Waals surface area (Å²) in [6, 6.07) is 13.3. The maximum Gasteiger partial charge on any atom is 0.585 e. The highest BCUT2D eigenvalue weighted by Gasteiger charge is 2.27. The molecule has 0 aromatic heterocycles. The minimum Gasteiger partial charge on any atom is -0.497 e. The molecular formula is C27H41O6P. The third-order valence-corrected chi connectivity index (χ3v) is 6.45. The Morgan fingerprint density at radius 1 is 0.706 bits per heavy atom. The molecule has 7 heteroatoms. The Morgan fingerprint density at radius 2 is 1.29 bits per heavy atom. The molecule has 2 aromatic carbocycles. The first-order chi connectivity index (χ1) is 16.5. The first kappa shape index (κ1) is 28.1. The van der Waals surface area contributed by atoms with E-state index in [-0.39, 0.29) is 11.5 Å². The molecule has 0 aliphatic heterocycles. The van der Waals surface area contributed by atoms with Crippen LogP contribution in [0.5, 0.6) is 23.0 Å². The summed E-state index contributed by atoms with van der Waals surface area (Å²) in [5, 5.41) is 0. The number of unbranched alkanes of at least 4 members (excludes halogenated alkanes) is 11.